The predicted octanol–water partition coefficient (Wildman–Crippen LogP) is 3.91. The van der Waals surface area contributed by atoms with Crippen LogP contribution in [-0.4, -0.2) is 46.9 Å². The van der Waals surface area contributed by atoms with Crippen molar-refractivity contribution in [1.82, 2.24) is 14.8 Å². The summed E-state index contributed by atoms with van der Waals surface area (Å²) in [6, 6.07) is 8.33. The van der Waals surface area contributed by atoms with Gasteiger partial charge in [0, 0.05) is 32.6 Å². The van der Waals surface area contributed by atoms with Gasteiger partial charge in [-0.05, 0) is 30.9 Å². The first-order chi connectivity index (χ1) is 12.3. The van der Waals surface area contributed by atoms with Crippen LogP contribution in [0.3, 0.4) is 0 Å². The molecule has 1 saturated heterocycles. The maximum Gasteiger partial charge on any atom is 0.222 e. The molecule has 2 aromatic rings. The third-order valence-corrected chi connectivity index (χ3v) is 6.63. The van der Waals surface area contributed by atoms with E-state index in [0.717, 1.165) is 44.7 Å². The molecular formula is C20H27N3OS. The van der Waals surface area contributed by atoms with Gasteiger partial charge < -0.3 is 4.90 Å². The zero-order valence-electron chi connectivity index (χ0n) is 14.8. The Bertz CT molecular complexity index is 682. The molecule has 0 bridgehead atoms. The lowest BCUT2D eigenvalue weighted by Gasteiger charge is -2.35. The second kappa shape index (κ2) is 7.83. The molecule has 1 aromatic carbocycles. The minimum Gasteiger partial charge on any atom is -0.340 e. The number of nitrogens with zero attached hydrogens (tertiary/aromatic N) is 3. The summed E-state index contributed by atoms with van der Waals surface area (Å²) < 4.78 is 1.26. The molecule has 4 rings (SSSR count). The van der Waals surface area contributed by atoms with Crippen LogP contribution >= 0.6 is 11.3 Å². The number of carbonyl (C=O) groups is 1. The molecule has 5 heteroatoms. The summed E-state index contributed by atoms with van der Waals surface area (Å²) in [5, 5.41) is 1.18. The summed E-state index contributed by atoms with van der Waals surface area (Å²) in [7, 11) is 0. The molecule has 0 spiro atoms. The molecule has 1 saturated carbocycles. The molecular weight excluding hydrogens is 330 g/mol. The van der Waals surface area contributed by atoms with Crippen LogP contribution in [0.4, 0.5) is 0 Å². The fourth-order valence-corrected chi connectivity index (χ4v) is 5.11. The molecule has 2 aliphatic rings. The lowest BCUT2D eigenvalue weighted by atomic mass is 9.86. The van der Waals surface area contributed by atoms with E-state index in [1.807, 2.05) is 6.07 Å². The Morgan fingerprint density at radius 2 is 1.84 bits per heavy atom. The van der Waals surface area contributed by atoms with Gasteiger partial charge in [-0.1, -0.05) is 31.4 Å². The van der Waals surface area contributed by atoms with Crippen molar-refractivity contribution in [2.45, 2.75) is 45.1 Å². The van der Waals surface area contributed by atoms with Crippen molar-refractivity contribution in [2.75, 3.05) is 26.2 Å². The number of hydrogen-bond acceptors (Lipinski definition) is 4. The minimum absolute atomic E-state index is 0.381. The smallest absolute Gasteiger partial charge is 0.222 e. The van der Waals surface area contributed by atoms with Crippen LogP contribution in [0.15, 0.2) is 24.3 Å². The second-order valence-electron chi connectivity index (χ2n) is 7.44. The third kappa shape index (κ3) is 4.21. The summed E-state index contributed by atoms with van der Waals surface area (Å²) in [4.78, 5) is 21.8. The van der Waals surface area contributed by atoms with E-state index in [2.05, 4.69) is 28.0 Å². The minimum atomic E-state index is 0.381. The van der Waals surface area contributed by atoms with E-state index in [9.17, 15) is 4.79 Å². The number of para-hydroxylation sites is 1. The van der Waals surface area contributed by atoms with Crippen LogP contribution in [0.5, 0.6) is 0 Å². The van der Waals surface area contributed by atoms with Gasteiger partial charge >= 0.3 is 0 Å². The van der Waals surface area contributed by atoms with Crippen molar-refractivity contribution < 1.29 is 4.79 Å². The van der Waals surface area contributed by atoms with E-state index in [1.54, 1.807) is 11.3 Å². The van der Waals surface area contributed by atoms with E-state index in [0.29, 0.717) is 11.8 Å². The number of benzene rings is 1. The van der Waals surface area contributed by atoms with Gasteiger partial charge in [0.25, 0.3) is 0 Å². The van der Waals surface area contributed by atoms with Crippen molar-refractivity contribution >= 4 is 27.5 Å². The monoisotopic (exact) mass is 357 g/mol. The Morgan fingerprint density at radius 1 is 1.08 bits per heavy atom. The number of piperazine rings is 1. The quantitative estimate of drug-likeness (QED) is 0.832. The van der Waals surface area contributed by atoms with Gasteiger partial charge in [0.1, 0.15) is 5.01 Å². The van der Waals surface area contributed by atoms with Gasteiger partial charge in [0.15, 0.2) is 0 Å². The van der Waals surface area contributed by atoms with Crippen LogP contribution in [-0.2, 0) is 11.3 Å². The number of fused-ring (bicyclic) bond motifs is 1. The SMILES string of the molecule is O=C(CC1CCCCC1)N1CCN(Cc2nc3ccccc3s2)CC1. The van der Waals surface area contributed by atoms with E-state index in [-0.39, 0.29) is 0 Å². The largest absolute Gasteiger partial charge is 0.340 e. The highest BCUT2D eigenvalue weighted by Crippen LogP contribution is 2.27. The van der Waals surface area contributed by atoms with E-state index >= 15 is 0 Å². The average molecular weight is 358 g/mol. The standard InChI is InChI=1S/C20H27N3OS/c24-20(14-16-6-2-1-3-7-16)23-12-10-22(11-13-23)15-19-21-17-8-4-5-9-18(17)25-19/h4-5,8-9,16H,1-3,6-7,10-15H2. The van der Waals surface area contributed by atoms with Crippen molar-refractivity contribution in [2.24, 2.45) is 5.92 Å². The molecule has 0 radical (unpaired) electrons. The van der Waals surface area contributed by atoms with Gasteiger partial charge in [-0.25, -0.2) is 4.98 Å². The first-order valence-corrected chi connectivity index (χ1v) is 10.4. The predicted molar refractivity (Wildman–Crippen MR) is 103 cm³/mol. The van der Waals surface area contributed by atoms with Crippen LogP contribution in [0.1, 0.15) is 43.5 Å². The van der Waals surface area contributed by atoms with Gasteiger partial charge in [-0.2, -0.15) is 0 Å². The molecule has 1 aliphatic carbocycles. The van der Waals surface area contributed by atoms with Crippen LogP contribution < -0.4 is 0 Å². The lowest BCUT2D eigenvalue weighted by Crippen LogP contribution is -2.48. The molecule has 1 amide bonds. The zero-order valence-corrected chi connectivity index (χ0v) is 15.6. The molecule has 134 valence electrons. The molecule has 2 heterocycles. The fraction of sp³-hybridized carbons (Fsp3) is 0.600. The summed E-state index contributed by atoms with van der Waals surface area (Å²) in [5.41, 5.74) is 1.10. The molecule has 25 heavy (non-hydrogen) atoms. The highest BCUT2D eigenvalue weighted by molar-refractivity contribution is 7.18. The summed E-state index contributed by atoms with van der Waals surface area (Å²) in [6.07, 6.45) is 7.27. The number of carbonyl (C=O) groups excluding carboxylic acids is 1. The normalized spacial score (nSPS) is 20.2. The molecule has 1 aromatic heterocycles. The first-order valence-electron chi connectivity index (χ1n) is 9.62. The number of amides is 1. The van der Waals surface area contributed by atoms with E-state index in [4.69, 9.17) is 4.98 Å². The molecule has 0 N–H and O–H groups in total. The highest BCUT2D eigenvalue weighted by atomic mass is 32.1. The summed E-state index contributed by atoms with van der Waals surface area (Å²) >= 11 is 1.79. The Morgan fingerprint density at radius 3 is 2.60 bits per heavy atom. The van der Waals surface area contributed by atoms with Crippen LogP contribution in [0, 0.1) is 5.92 Å². The second-order valence-corrected chi connectivity index (χ2v) is 8.56. The van der Waals surface area contributed by atoms with Gasteiger partial charge in [-0.3, -0.25) is 9.69 Å². The molecule has 2 fully saturated rings. The topological polar surface area (TPSA) is 36.4 Å². The van der Waals surface area contributed by atoms with Crippen LogP contribution in [0.2, 0.25) is 0 Å². The average Bonchev–Trinajstić information content (AvgIpc) is 3.05. The molecule has 1 aliphatic heterocycles. The summed E-state index contributed by atoms with van der Waals surface area (Å²) in [6.45, 7) is 4.58. The number of rotatable bonds is 4. The highest BCUT2D eigenvalue weighted by Gasteiger charge is 2.24. The first kappa shape index (κ1) is 17.0. The van der Waals surface area contributed by atoms with Crippen molar-refractivity contribution in [3.63, 3.8) is 0 Å². The van der Waals surface area contributed by atoms with Crippen molar-refractivity contribution in [3.8, 4) is 0 Å². The van der Waals surface area contributed by atoms with Crippen molar-refractivity contribution in [3.05, 3.63) is 29.3 Å². The number of aromatic nitrogens is 1. The van der Waals surface area contributed by atoms with E-state index < -0.39 is 0 Å². The van der Waals surface area contributed by atoms with Crippen molar-refractivity contribution in [1.29, 1.82) is 0 Å². The maximum absolute atomic E-state index is 12.5. The third-order valence-electron chi connectivity index (χ3n) is 5.61. The number of hydrogen-bond donors (Lipinski definition) is 0. The van der Waals surface area contributed by atoms with Gasteiger partial charge in [0.05, 0.1) is 16.8 Å². The lowest BCUT2D eigenvalue weighted by molar-refractivity contribution is -0.134. The Kier molecular flexibility index (Phi) is 5.32. The Balaban J connectivity index is 1.26. The zero-order chi connectivity index (χ0) is 17.1. The van der Waals surface area contributed by atoms with Crippen LogP contribution in [0.25, 0.3) is 10.2 Å². The van der Waals surface area contributed by atoms with Gasteiger partial charge in [-0.15, -0.1) is 11.3 Å². The maximum atomic E-state index is 12.5. The molecule has 0 unspecified atom stereocenters. The fourth-order valence-electron chi connectivity index (χ4n) is 4.10. The number of thiazole rings is 1. The van der Waals surface area contributed by atoms with E-state index in [1.165, 1.54) is 41.8 Å². The summed E-state index contributed by atoms with van der Waals surface area (Å²) in [5.74, 6) is 1.02. The molecule has 4 nitrogen and oxygen atoms in total. The Labute approximate surface area is 153 Å². The Hall–Kier alpha value is -1.46. The molecule has 0 atom stereocenters. The van der Waals surface area contributed by atoms with Gasteiger partial charge in [0.2, 0.25) is 5.91 Å².